The lowest BCUT2D eigenvalue weighted by molar-refractivity contribution is -0.121. The number of rotatable bonds is 5. The topological polar surface area (TPSA) is 117 Å². The van der Waals surface area contributed by atoms with Gasteiger partial charge in [-0.25, -0.2) is 9.67 Å². The van der Waals surface area contributed by atoms with Gasteiger partial charge < -0.3 is 10.2 Å². The first-order valence-electron chi connectivity index (χ1n) is 9.18. The van der Waals surface area contributed by atoms with Gasteiger partial charge in [-0.1, -0.05) is 37.3 Å². The molecule has 0 amide bonds. The Morgan fingerprint density at radius 1 is 1.14 bits per heavy atom. The van der Waals surface area contributed by atoms with E-state index in [1.165, 1.54) is 4.52 Å². The maximum absolute atomic E-state index is 12.8. The zero-order chi connectivity index (χ0) is 20.0. The van der Waals surface area contributed by atoms with Crippen molar-refractivity contribution in [2.75, 3.05) is 5.73 Å². The molecule has 0 bridgehead atoms. The molecule has 0 radical (unpaired) electrons. The average molecular weight is 387 g/mol. The number of furan rings is 1. The molecule has 5 aromatic rings. The quantitative estimate of drug-likeness (QED) is 0.493. The fourth-order valence-corrected chi connectivity index (χ4v) is 3.42. The standard InChI is InChI=1S/C20H17N7O2/c1-2-14(28)16(12-7-4-3-5-8-12)26-19-13(11-22-26)18-23-17(15-9-6-10-29-15)25-27(18)20(21)24-19/h3-11,16H,2H2,1H3,(H2,21,24)/t16-/m1/s1. The van der Waals surface area contributed by atoms with Crippen molar-refractivity contribution in [2.24, 2.45) is 0 Å². The summed E-state index contributed by atoms with van der Waals surface area (Å²) in [5.74, 6) is 1.10. The van der Waals surface area contributed by atoms with E-state index in [2.05, 4.69) is 20.2 Å². The van der Waals surface area contributed by atoms with Crippen molar-refractivity contribution in [3.63, 3.8) is 0 Å². The van der Waals surface area contributed by atoms with Crippen LogP contribution in [-0.2, 0) is 4.79 Å². The summed E-state index contributed by atoms with van der Waals surface area (Å²) in [6, 6.07) is 12.4. The molecule has 2 N–H and O–H groups in total. The second kappa shape index (κ2) is 6.55. The highest BCUT2D eigenvalue weighted by atomic mass is 16.3. The third kappa shape index (κ3) is 2.66. The molecular weight excluding hydrogens is 370 g/mol. The highest BCUT2D eigenvalue weighted by molar-refractivity contribution is 5.93. The molecule has 1 atom stereocenters. The van der Waals surface area contributed by atoms with E-state index in [0.717, 1.165) is 5.56 Å². The molecule has 4 aromatic heterocycles. The number of Topliss-reactive ketones (excluding diaryl/α,β-unsaturated/α-hetero) is 1. The lowest BCUT2D eigenvalue weighted by Gasteiger charge is -2.17. The van der Waals surface area contributed by atoms with Crippen molar-refractivity contribution >= 4 is 28.4 Å². The summed E-state index contributed by atoms with van der Waals surface area (Å²) < 4.78 is 8.44. The van der Waals surface area contributed by atoms with Crippen LogP contribution in [0, 0.1) is 0 Å². The monoisotopic (exact) mass is 387 g/mol. The van der Waals surface area contributed by atoms with Gasteiger partial charge in [0.2, 0.25) is 11.8 Å². The number of carbonyl (C=O) groups is 1. The second-order valence-electron chi connectivity index (χ2n) is 6.58. The minimum atomic E-state index is -0.597. The van der Waals surface area contributed by atoms with Crippen molar-refractivity contribution < 1.29 is 9.21 Å². The lowest BCUT2D eigenvalue weighted by Crippen LogP contribution is -2.22. The van der Waals surface area contributed by atoms with Gasteiger partial charge in [-0.15, -0.1) is 5.10 Å². The lowest BCUT2D eigenvalue weighted by atomic mass is 10.0. The number of ketones is 1. The highest BCUT2D eigenvalue weighted by Crippen LogP contribution is 2.28. The van der Waals surface area contributed by atoms with Crippen LogP contribution in [0.25, 0.3) is 28.3 Å². The first-order chi connectivity index (χ1) is 14.2. The number of nitrogens with two attached hydrogens (primary N) is 1. The number of anilines is 1. The molecule has 0 saturated carbocycles. The van der Waals surface area contributed by atoms with Crippen molar-refractivity contribution in [3.8, 4) is 11.6 Å². The Hall–Kier alpha value is -4.01. The average Bonchev–Trinajstić information content (AvgIpc) is 3.48. The van der Waals surface area contributed by atoms with Crippen LogP contribution in [0.4, 0.5) is 5.95 Å². The summed E-state index contributed by atoms with van der Waals surface area (Å²) in [7, 11) is 0. The highest BCUT2D eigenvalue weighted by Gasteiger charge is 2.26. The Morgan fingerprint density at radius 2 is 1.97 bits per heavy atom. The number of carbonyl (C=O) groups excluding carboxylic acids is 1. The summed E-state index contributed by atoms with van der Waals surface area (Å²) in [4.78, 5) is 21.8. The van der Waals surface area contributed by atoms with E-state index < -0.39 is 6.04 Å². The number of aromatic nitrogens is 6. The van der Waals surface area contributed by atoms with E-state index in [1.54, 1.807) is 29.3 Å². The van der Waals surface area contributed by atoms with Crippen molar-refractivity contribution in [2.45, 2.75) is 19.4 Å². The number of benzene rings is 1. The smallest absolute Gasteiger partial charge is 0.225 e. The molecule has 0 aliphatic carbocycles. The summed E-state index contributed by atoms with van der Waals surface area (Å²) in [5.41, 5.74) is 7.97. The molecule has 0 aliphatic rings. The van der Waals surface area contributed by atoms with Gasteiger partial charge in [0.15, 0.2) is 22.8 Å². The second-order valence-corrected chi connectivity index (χ2v) is 6.58. The van der Waals surface area contributed by atoms with Crippen molar-refractivity contribution in [1.29, 1.82) is 0 Å². The van der Waals surface area contributed by atoms with Gasteiger partial charge in [0.25, 0.3) is 0 Å². The molecule has 0 fully saturated rings. The number of nitrogen functional groups attached to an aromatic ring is 1. The molecule has 0 spiro atoms. The van der Waals surface area contributed by atoms with Gasteiger partial charge in [0.1, 0.15) is 6.04 Å². The van der Waals surface area contributed by atoms with E-state index in [4.69, 9.17) is 10.2 Å². The number of hydrogen-bond acceptors (Lipinski definition) is 7. The Bertz CT molecular complexity index is 1320. The van der Waals surface area contributed by atoms with E-state index in [0.29, 0.717) is 34.7 Å². The summed E-state index contributed by atoms with van der Waals surface area (Å²) >= 11 is 0. The van der Waals surface area contributed by atoms with Crippen molar-refractivity contribution in [3.05, 3.63) is 60.5 Å². The van der Waals surface area contributed by atoms with Crippen LogP contribution >= 0.6 is 0 Å². The zero-order valence-electron chi connectivity index (χ0n) is 15.6. The number of hydrogen-bond donors (Lipinski definition) is 1. The Morgan fingerprint density at radius 3 is 2.69 bits per heavy atom. The third-order valence-corrected chi connectivity index (χ3v) is 4.81. The normalized spacial score (nSPS) is 12.6. The van der Waals surface area contributed by atoms with Crippen LogP contribution in [0.5, 0.6) is 0 Å². The Kier molecular flexibility index (Phi) is 3.87. The first kappa shape index (κ1) is 17.1. The van der Waals surface area contributed by atoms with E-state index >= 15 is 0 Å². The van der Waals surface area contributed by atoms with Gasteiger partial charge in [-0.2, -0.15) is 14.6 Å². The van der Waals surface area contributed by atoms with Gasteiger partial charge in [-0.05, 0) is 17.7 Å². The molecule has 144 valence electrons. The summed E-state index contributed by atoms with van der Waals surface area (Å²) in [5, 5.41) is 9.51. The molecule has 0 unspecified atom stereocenters. The number of nitrogens with zero attached hydrogens (tertiary/aromatic N) is 6. The molecule has 4 heterocycles. The molecule has 9 heteroatoms. The molecule has 9 nitrogen and oxygen atoms in total. The number of fused-ring (bicyclic) bond motifs is 3. The van der Waals surface area contributed by atoms with Crippen LogP contribution in [0.2, 0.25) is 0 Å². The van der Waals surface area contributed by atoms with Crippen LogP contribution < -0.4 is 5.73 Å². The fourth-order valence-electron chi connectivity index (χ4n) is 3.42. The SMILES string of the molecule is CCC(=O)[C@@H](c1ccccc1)n1ncc2c1nc(N)n1nc(-c3ccco3)nc21. The molecule has 1 aromatic carbocycles. The van der Waals surface area contributed by atoms with Crippen LogP contribution in [0.1, 0.15) is 24.9 Å². The van der Waals surface area contributed by atoms with E-state index in [-0.39, 0.29) is 11.7 Å². The molecule has 0 saturated heterocycles. The molecule has 29 heavy (non-hydrogen) atoms. The van der Waals surface area contributed by atoms with Gasteiger partial charge in [0.05, 0.1) is 17.8 Å². The fraction of sp³-hybridized carbons (Fsp3) is 0.150. The van der Waals surface area contributed by atoms with Gasteiger partial charge in [-0.3, -0.25) is 4.79 Å². The minimum absolute atomic E-state index is 0.0270. The predicted molar refractivity (Wildman–Crippen MR) is 106 cm³/mol. The molecular formula is C20H17N7O2. The van der Waals surface area contributed by atoms with Crippen LogP contribution in [0.15, 0.2) is 59.3 Å². The van der Waals surface area contributed by atoms with E-state index in [9.17, 15) is 4.79 Å². The zero-order valence-corrected chi connectivity index (χ0v) is 15.6. The van der Waals surface area contributed by atoms with Gasteiger partial charge >= 0.3 is 0 Å². The predicted octanol–water partition coefficient (Wildman–Crippen LogP) is 2.88. The first-order valence-corrected chi connectivity index (χ1v) is 9.18. The Labute approximate surface area is 164 Å². The summed E-state index contributed by atoms with van der Waals surface area (Å²) in [6.45, 7) is 1.83. The largest absolute Gasteiger partial charge is 0.461 e. The Balaban J connectivity index is 1.74. The minimum Gasteiger partial charge on any atom is -0.461 e. The van der Waals surface area contributed by atoms with Crippen LogP contribution in [-0.4, -0.2) is 35.1 Å². The summed E-state index contributed by atoms with van der Waals surface area (Å²) in [6.07, 6.45) is 3.56. The van der Waals surface area contributed by atoms with Gasteiger partial charge in [0, 0.05) is 6.42 Å². The van der Waals surface area contributed by atoms with Crippen LogP contribution in [0.3, 0.4) is 0 Å². The maximum atomic E-state index is 12.8. The third-order valence-electron chi connectivity index (χ3n) is 4.81. The molecule has 5 rings (SSSR count). The van der Waals surface area contributed by atoms with Crippen molar-refractivity contribution in [1.82, 2.24) is 29.4 Å². The van der Waals surface area contributed by atoms with E-state index in [1.807, 2.05) is 37.3 Å². The molecule has 0 aliphatic heterocycles. The maximum Gasteiger partial charge on any atom is 0.225 e.